The molecule has 0 aliphatic carbocycles. The molecule has 1 aliphatic heterocycles. The zero-order valence-electron chi connectivity index (χ0n) is 14.2. The van der Waals surface area contributed by atoms with Crippen molar-refractivity contribution >= 4 is 15.7 Å². The van der Waals surface area contributed by atoms with Gasteiger partial charge in [-0.15, -0.1) is 0 Å². The van der Waals surface area contributed by atoms with Crippen LogP contribution < -0.4 is 0 Å². The van der Waals surface area contributed by atoms with Crippen LogP contribution in [0.4, 0.5) is 0 Å². The average Bonchev–Trinajstić information content (AvgIpc) is 2.48. The van der Waals surface area contributed by atoms with Crippen molar-refractivity contribution in [3.8, 4) is 0 Å². The number of amides is 1. The SMILES string of the molecule is Cc1ccc(C)c(CC(=O)N2CCN(CCS(C)(=O)=O)CC2)c1. The van der Waals surface area contributed by atoms with Crippen molar-refractivity contribution in [3.63, 3.8) is 0 Å². The molecule has 1 aliphatic rings. The van der Waals surface area contributed by atoms with Gasteiger partial charge in [0.05, 0.1) is 12.2 Å². The molecule has 0 N–H and O–H groups in total. The van der Waals surface area contributed by atoms with Gasteiger partial charge in [-0.3, -0.25) is 9.69 Å². The maximum absolute atomic E-state index is 12.5. The summed E-state index contributed by atoms with van der Waals surface area (Å²) in [7, 11) is -2.93. The summed E-state index contributed by atoms with van der Waals surface area (Å²) in [6, 6.07) is 6.19. The molecule has 0 atom stereocenters. The van der Waals surface area contributed by atoms with Crippen LogP contribution in [0.5, 0.6) is 0 Å². The normalized spacial score (nSPS) is 16.6. The molecule has 0 spiro atoms. The highest BCUT2D eigenvalue weighted by Gasteiger charge is 2.22. The monoisotopic (exact) mass is 338 g/mol. The molecule has 0 aromatic heterocycles. The Morgan fingerprint density at radius 3 is 2.39 bits per heavy atom. The van der Waals surface area contributed by atoms with Crippen LogP contribution in [0.15, 0.2) is 18.2 Å². The molecule has 0 saturated carbocycles. The minimum Gasteiger partial charge on any atom is -0.340 e. The molecule has 23 heavy (non-hydrogen) atoms. The fraction of sp³-hybridized carbons (Fsp3) is 0.588. The van der Waals surface area contributed by atoms with Gasteiger partial charge in [0.25, 0.3) is 0 Å². The van der Waals surface area contributed by atoms with Crippen LogP contribution in [0.1, 0.15) is 16.7 Å². The summed E-state index contributed by atoms with van der Waals surface area (Å²) in [6.07, 6.45) is 1.70. The van der Waals surface area contributed by atoms with E-state index in [1.165, 1.54) is 11.8 Å². The van der Waals surface area contributed by atoms with Crippen molar-refractivity contribution in [1.29, 1.82) is 0 Å². The number of sulfone groups is 1. The first kappa shape index (κ1) is 17.9. The van der Waals surface area contributed by atoms with Crippen molar-refractivity contribution in [2.75, 3.05) is 44.7 Å². The van der Waals surface area contributed by atoms with Crippen LogP contribution >= 0.6 is 0 Å². The number of piperazine rings is 1. The molecule has 1 aromatic rings. The van der Waals surface area contributed by atoms with E-state index in [9.17, 15) is 13.2 Å². The number of aryl methyl sites for hydroxylation is 2. The molecule has 1 fully saturated rings. The van der Waals surface area contributed by atoms with E-state index in [1.54, 1.807) is 0 Å². The highest BCUT2D eigenvalue weighted by molar-refractivity contribution is 7.90. The maximum atomic E-state index is 12.5. The molecule has 5 nitrogen and oxygen atoms in total. The van der Waals surface area contributed by atoms with Crippen molar-refractivity contribution in [1.82, 2.24) is 9.80 Å². The van der Waals surface area contributed by atoms with E-state index in [4.69, 9.17) is 0 Å². The molecular weight excluding hydrogens is 312 g/mol. The molecule has 0 bridgehead atoms. The van der Waals surface area contributed by atoms with E-state index in [2.05, 4.69) is 23.1 Å². The summed E-state index contributed by atoms with van der Waals surface area (Å²) in [5, 5.41) is 0. The number of hydrogen-bond acceptors (Lipinski definition) is 4. The molecule has 1 heterocycles. The van der Waals surface area contributed by atoms with Gasteiger partial charge in [-0.2, -0.15) is 0 Å². The summed E-state index contributed by atoms with van der Waals surface area (Å²) >= 11 is 0. The highest BCUT2D eigenvalue weighted by Crippen LogP contribution is 2.13. The second-order valence-electron chi connectivity index (χ2n) is 6.46. The first-order valence-electron chi connectivity index (χ1n) is 7.98. The topological polar surface area (TPSA) is 57.7 Å². The second-order valence-corrected chi connectivity index (χ2v) is 8.72. The molecule has 1 aromatic carbocycles. The van der Waals surface area contributed by atoms with Crippen molar-refractivity contribution in [3.05, 3.63) is 34.9 Å². The summed E-state index contributed by atoms with van der Waals surface area (Å²) in [4.78, 5) is 16.5. The van der Waals surface area contributed by atoms with Crippen LogP contribution in [-0.2, 0) is 21.1 Å². The Labute approximate surface area is 139 Å². The van der Waals surface area contributed by atoms with Gasteiger partial charge in [-0.25, -0.2) is 8.42 Å². The molecule has 6 heteroatoms. The molecule has 128 valence electrons. The minimum atomic E-state index is -2.93. The zero-order valence-corrected chi connectivity index (χ0v) is 15.0. The molecular formula is C17H26N2O3S. The van der Waals surface area contributed by atoms with E-state index in [0.29, 0.717) is 26.1 Å². The molecule has 1 saturated heterocycles. The van der Waals surface area contributed by atoms with Crippen LogP contribution in [0.3, 0.4) is 0 Å². The highest BCUT2D eigenvalue weighted by atomic mass is 32.2. The smallest absolute Gasteiger partial charge is 0.227 e. The van der Waals surface area contributed by atoms with E-state index >= 15 is 0 Å². The first-order chi connectivity index (χ1) is 10.7. The Morgan fingerprint density at radius 2 is 1.78 bits per heavy atom. The Hall–Kier alpha value is -1.40. The third-order valence-electron chi connectivity index (χ3n) is 4.35. The lowest BCUT2D eigenvalue weighted by molar-refractivity contribution is -0.132. The van der Waals surface area contributed by atoms with Crippen molar-refractivity contribution < 1.29 is 13.2 Å². The lowest BCUT2D eigenvalue weighted by atomic mass is 10.0. The Bertz CT molecular complexity index is 662. The fourth-order valence-corrected chi connectivity index (χ4v) is 3.37. The lowest BCUT2D eigenvalue weighted by Gasteiger charge is -2.34. The molecule has 0 radical (unpaired) electrons. The van der Waals surface area contributed by atoms with E-state index in [-0.39, 0.29) is 11.7 Å². The van der Waals surface area contributed by atoms with Crippen molar-refractivity contribution in [2.24, 2.45) is 0 Å². The van der Waals surface area contributed by atoms with Gasteiger partial charge in [0, 0.05) is 39.0 Å². The average molecular weight is 338 g/mol. The Balaban J connectivity index is 1.85. The predicted octanol–water partition coefficient (Wildman–Crippen LogP) is 1.03. The van der Waals surface area contributed by atoms with E-state index < -0.39 is 9.84 Å². The van der Waals surface area contributed by atoms with Gasteiger partial charge in [0.2, 0.25) is 5.91 Å². The largest absolute Gasteiger partial charge is 0.340 e. The van der Waals surface area contributed by atoms with Gasteiger partial charge in [0.1, 0.15) is 9.84 Å². The van der Waals surface area contributed by atoms with Crippen molar-refractivity contribution in [2.45, 2.75) is 20.3 Å². The number of nitrogens with zero attached hydrogens (tertiary/aromatic N) is 2. The molecule has 1 amide bonds. The van der Waals surface area contributed by atoms with Gasteiger partial charge in [-0.1, -0.05) is 23.8 Å². The minimum absolute atomic E-state index is 0.154. The van der Waals surface area contributed by atoms with Gasteiger partial charge < -0.3 is 4.90 Å². The van der Waals surface area contributed by atoms with Gasteiger partial charge in [-0.05, 0) is 25.0 Å². The van der Waals surface area contributed by atoms with Crippen LogP contribution in [0, 0.1) is 13.8 Å². The number of carbonyl (C=O) groups excluding carboxylic acids is 1. The summed E-state index contributed by atoms with van der Waals surface area (Å²) in [5.41, 5.74) is 3.41. The Morgan fingerprint density at radius 1 is 1.13 bits per heavy atom. The number of carbonyl (C=O) groups is 1. The summed E-state index contributed by atoms with van der Waals surface area (Å²) in [5.74, 6) is 0.338. The van der Waals surface area contributed by atoms with Crippen LogP contribution in [0.25, 0.3) is 0 Å². The fourth-order valence-electron chi connectivity index (χ4n) is 2.78. The van der Waals surface area contributed by atoms with Crippen LogP contribution in [-0.4, -0.2) is 68.9 Å². The summed E-state index contributed by atoms with van der Waals surface area (Å²) < 4.78 is 22.4. The lowest BCUT2D eigenvalue weighted by Crippen LogP contribution is -2.50. The second kappa shape index (κ2) is 7.45. The first-order valence-corrected chi connectivity index (χ1v) is 10.0. The maximum Gasteiger partial charge on any atom is 0.227 e. The number of benzene rings is 1. The van der Waals surface area contributed by atoms with Gasteiger partial charge in [0.15, 0.2) is 0 Å². The van der Waals surface area contributed by atoms with Crippen LogP contribution in [0.2, 0.25) is 0 Å². The number of hydrogen-bond donors (Lipinski definition) is 0. The standard InChI is InChI=1S/C17H26N2O3S/c1-14-4-5-15(2)16(12-14)13-17(20)19-8-6-18(7-9-19)10-11-23(3,21)22/h4-5,12H,6-11,13H2,1-3H3. The predicted molar refractivity (Wildman–Crippen MR) is 92.4 cm³/mol. The van der Waals surface area contributed by atoms with Gasteiger partial charge >= 0.3 is 0 Å². The van der Waals surface area contributed by atoms with E-state index in [1.807, 2.05) is 18.7 Å². The Kier molecular flexibility index (Phi) is 5.81. The molecule has 0 unspecified atom stereocenters. The summed E-state index contributed by atoms with van der Waals surface area (Å²) in [6.45, 7) is 7.46. The third-order valence-corrected chi connectivity index (χ3v) is 5.27. The molecule has 2 rings (SSSR count). The third kappa shape index (κ3) is 5.62. The zero-order chi connectivity index (χ0) is 17.0. The quantitative estimate of drug-likeness (QED) is 0.805. The van der Waals surface area contributed by atoms with E-state index in [0.717, 1.165) is 24.2 Å². The number of rotatable bonds is 5.